The monoisotopic (exact) mass is 381 g/mol. The highest BCUT2D eigenvalue weighted by Crippen LogP contribution is 2.39. The summed E-state index contributed by atoms with van der Waals surface area (Å²) in [6.07, 6.45) is 0. The minimum absolute atomic E-state index is 0.0951. The van der Waals surface area contributed by atoms with Gasteiger partial charge in [-0.3, -0.25) is 14.3 Å². The van der Waals surface area contributed by atoms with E-state index >= 15 is 0 Å². The van der Waals surface area contributed by atoms with Crippen molar-refractivity contribution in [2.45, 2.75) is 30.5 Å². The molecule has 2 heterocycles. The molecule has 3 rings (SSSR count). The number of hydrogen-bond donors (Lipinski definition) is 3. The van der Waals surface area contributed by atoms with Gasteiger partial charge in [0.1, 0.15) is 0 Å². The second kappa shape index (κ2) is 5.77. The molecule has 1 aliphatic heterocycles. The Balaban J connectivity index is 1.87. The zero-order valence-corrected chi connectivity index (χ0v) is 15.2. The number of aromatic nitrogens is 2. The second-order valence-electron chi connectivity index (χ2n) is 6.00. The highest BCUT2D eigenvalue weighted by molar-refractivity contribution is 7.94. The van der Waals surface area contributed by atoms with Crippen LogP contribution in [0.25, 0.3) is 0 Å². The van der Waals surface area contributed by atoms with Gasteiger partial charge in [-0.25, -0.2) is 0 Å². The number of benzene rings is 1. The number of nitrogens with zero attached hydrogens (tertiary/aromatic N) is 2. The van der Waals surface area contributed by atoms with Crippen LogP contribution in [0.4, 0.5) is 16.5 Å². The summed E-state index contributed by atoms with van der Waals surface area (Å²) < 4.78 is 27.0. The molecule has 11 heteroatoms. The highest BCUT2D eigenvalue weighted by atomic mass is 32.2. The number of carbonyl (C=O) groups excluding carboxylic acids is 2. The van der Waals surface area contributed by atoms with Crippen LogP contribution in [0.1, 0.15) is 26.3 Å². The molecule has 0 saturated carbocycles. The number of nitrogens with one attached hydrogen (secondary N) is 3. The van der Waals surface area contributed by atoms with E-state index in [0.29, 0.717) is 16.9 Å². The van der Waals surface area contributed by atoms with Crippen LogP contribution in [0.2, 0.25) is 0 Å². The van der Waals surface area contributed by atoms with E-state index in [1.54, 1.807) is 32.0 Å². The Hall–Kier alpha value is -2.53. The third kappa shape index (κ3) is 3.20. The number of anilines is 3. The summed E-state index contributed by atoms with van der Waals surface area (Å²) in [7, 11) is -3.96. The first-order valence-corrected chi connectivity index (χ1v) is 9.49. The molecule has 0 aliphatic carbocycles. The fourth-order valence-corrected chi connectivity index (χ4v) is 4.35. The van der Waals surface area contributed by atoms with Crippen LogP contribution in [0.15, 0.2) is 22.5 Å². The molecule has 0 bridgehead atoms. The maximum Gasteiger partial charge on any atom is 0.291 e. The summed E-state index contributed by atoms with van der Waals surface area (Å²) in [6.45, 7) is 4.81. The van der Waals surface area contributed by atoms with E-state index in [2.05, 4.69) is 25.6 Å². The van der Waals surface area contributed by atoms with Gasteiger partial charge in [-0.1, -0.05) is 11.3 Å². The van der Waals surface area contributed by atoms with E-state index in [-0.39, 0.29) is 21.3 Å². The van der Waals surface area contributed by atoms with Gasteiger partial charge in [0, 0.05) is 18.3 Å². The largest absolute Gasteiger partial charge is 0.325 e. The molecule has 0 unspecified atom stereocenters. The van der Waals surface area contributed by atoms with Crippen molar-refractivity contribution in [1.82, 2.24) is 10.2 Å². The Kier molecular flexibility index (Phi) is 4.00. The van der Waals surface area contributed by atoms with Gasteiger partial charge in [0.15, 0.2) is 0 Å². The van der Waals surface area contributed by atoms with E-state index in [4.69, 9.17) is 0 Å². The van der Waals surface area contributed by atoms with Crippen LogP contribution in [-0.2, 0) is 25.0 Å². The predicted octanol–water partition coefficient (Wildman–Crippen LogP) is 1.53. The minimum atomic E-state index is -3.96. The fraction of sp³-hybridized carbons (Fsp3) is 0.286. The zero-order valence-electron chi connectivity index (χ0n) is 13.6. The Labute approximate surface area is 147 Å². The molecule has 9 nitrogen and oxygen atoms in total. The molecule has 0 spiro atoms. The number of sulfonamides is 1. The van der Waals surface area contributed by atoms with Crippen molar-refractivity contribution in [1.29, 1.82) is 0 Å². The molecular formula is C14H15N5O4S2. The normalized spacial score (nSPS) is 15.4. The summed E-state index contributed by atoms with van der Waals surface area (Å²) in [5, 5.41) is 12.4. The first-order valence-electron chi connectivity index (χ1n) is 7.19. The predicted molar refractivity (Wildman–Crippen MR) is 93.1 cm³/mol. The van der Waals surface area contributed by atoms with E-state index in [1.165, 1.54) is 6.92 Å². The van der Waals surface area contributed by atoms with E-state index in [1.807, 2.05) is 0 Å². The average molecular weight is 381 g/mol. The number of rotatable bonds is 4. The van der Waals surface area contributed by atoms with Crippen molar-refractivity contribution >= 4 is 49.7 Å². The second-order valence-corrected chi connectivity index (χ2v) is 8.83. The topological polar surface area (TPSA) is 130 Å². The standard InChI is InChI=1S/C14H15N5O4S2/c1-7(20)15-12-17-18-13(24-12)25(22,23)19-8-4-5-10-9(6-8)14(2,3)11(21)16-10/h4-6,19H,1-3H3,(H,16,21)(H,15,17,20). The van der Waals surface area contributed by atoms with E-state index in [0.717, 1.165) is 11.3 Å². The van der Waals surface area contributed by atoms with Crippen molar-refractivity contribution in [2.75, 3.05) is 15.4 Å². The van der Waals surface area contributed by atoms with Gasteiger partial charge in [-0.05, 0) is 37.6 Å². The van der Waals surface area contributed by atoms with Gasteiger partial charge in [0.2, 0.25) is 16.9 Å². The molecule has 0 saturated heterocycles. The lowest BCUT2D eigenvalue weighted by atomic mass is 9.86. The molecular weight excluding hydrogens is 366 g/mol. The van der Waals surface area contributed by atoms with E-state index in [9.17, 15) is 18.0 Å². The van der Waals surface area contributed by atoms with Crippen molar-refractivity contribution in [3.05, 3.63) is 23.8 Å². The maximum atomic E-state index is 12.4. The molecule has 1 aromatic carbocycles. The number of fused-ring (bicyclic) bond motifs is 1. The summed E-state index contributed by atoms with van der Waals surface area (Å²) in [5.74, 6) is -0.516. The summed E-state index contributed by atoms with van der Waals surface area (Å²) in [5.41, 5.74) is 0.910. The molecule has 2 aromatic rings. The molecule has 2 amide bonds. The Morgan fingerprint density at radius 1 is 1.28 bits per heavy atom. The Morgan fingerprint density at radius 2 is 2.00 bits per heavy atom. The van der Waals surface area contributed by atoms with Gasteiger partial charge in [0.25, 0.3) is 14.4 Å². The summed E-state index contributed by atoms with van der Waals surface area (Å²) in [4.78, 5) is 22.9. The smallest absolute Gasteiger partial charge is 0.291 e. The van der Waals surface area contributed by atoms with Crippen LogP contribution < -0.4 is 15.4 Å². The lowest BCUT2D eigenvalue weighted by molar-refractivity contribution is -0.119. The summed E-state index contributed by atoms with van der Waals surface area (Å²) in [6, 6.07) is 4.80. The Bertz CT molecular complexity index is 981. The van der Waals surface area contributed by atoms with Crippen LogP contribution >= 0.6 is 11.3 Å². The number of hydrogen-bond acceptors (Lipinski definition) is 7. The molecule has 0 fully saturated rings. The van der Waals surface area contributed by atoms with Crippen molar-refractivity contribution in [3.63, 3.8) is 0 Å². The van der Waals surface area contributed by atoms with Crippen LogP contribution in [0.3, 0.4) is 0 Å². The SMILES string of the molecule is CC(=O)Nc1nnc(S(=O)(=O)Nc2ccc3c(c2)C(C)(C)C(=O)N3)s1. The average Bonchev–Trinajstić information content (AvgIpc) is 3.04. The maximum absolute atomic E-state index is 12.4. The van der Waals surface area contributed by atoms with Gasteiger partial charge in [0.05, 0.1) is 5.41 Å². The van der Waals surface area contributed by atoms with Gasteiger partial charge >= 0.3 is 0 Å². The van der Waals surface area contributed by atoms with Crippen molar-refractivity contribution in [3.8, 4) is 0 Å². The van der Waals surface area contributed by atoms with Crippen LogP contribution in [0.5, 0.6) is 0 Å². The lowest BCUT2D eigenvalue weighted by Crippen LogP contribution is -2.26. The molecule has 0 atom stereocenters. The molecule has 3 N–H and O–H groups in total. The van der Waals surface area contributed by atoms with Gasteiger partial charge in [-0.2, -0.15) is 8.42 Å². The zero-order chi connectivity index (χ0) is 18.4. The van der Waals surface area contributed by atoms with Gasteiger partial charge in [-0.15, -0.1) is 10.2 Å². The molecule has 25 heavy (non-hydrogen) atoms. The van der Waals surface area contributed by atoms with Crippen molar-refractivity contribution < 1.29 is 18.0 Å². The van der Waals surface area contributed by atoms with Crippen LogP contribution in [0, 0.1) is 0 Å². The first kappa shape index (κ1) is 17.3. The first-order chi connectivity index (χ1) is 11.6. The van der Waals surface area contributed by atoms with E-state index < -0.39 is 15.4 Å². The third-order valence-corrected chi connectivity index (χ3v) is 6.27. The lowest BCUT2D eigenvalue weighted by Gasteiger charge is -2.16. The quantitative estimate of drug-likeness (QED) is 0.689. The Morgan fingerprint density at radius 3 is 2.68 bits per heavy atom. The number of amides is 2. The number of carbonyl (C=O) groups is 2. The van der Waals surface area contributed by atoms with Crippen molar-refractivity contribution in [2.24, 2.45) is 0 Å². The summed E-state index contributed by atoms with van der Waals surface area (Å²) >= 11 is 0.742. The molecule has 1 aliphatic rings. The fourth-order valence-electron chi connectivity index (χ4n) is 2.35. The molecule has 1 aromatic heterocycles. The molecule has 132 valence electrons. The molecule has 0 radical (unpaired) electrons. The highest BCUT2D eigenvalue weighted by Gasteiger charge is 2.38. The van der Waals surface area contributed by atoms with Crippen LogP contribution in [-0.4, -0.2) is 30.4 Å². The third-order valence-electron chi connectivity index (χ3n) is 3.68. The van der Waals surface area contributed by atoms with Gasteiger partial charge < -0.3 is 10.6 Å². The minimum Gasteiger partial charge on any atom is -0.325 e.